The Labute approximate surface area is 230 Å². The second kappa shape index (κ2) is 11.2. The summed E-state index contributed by atoms with van der Waals surface area (Å²) in [6.45, 7) is 9.90. The van der Waals surface area contributed by atoms with Gasteiger partial charge < -0.3 is 25.6 Å². The number of H-pyrrole nitrogens is 1. The molecule has 7 nitrogen and oxygen atoms in total. The van der Waals surface area contributed by atoms with E-state index in [1.165, 1.54) is 0 Å². The van der Waals surface area contributed by atoms with Crippen LogP contribution in [0.3, 0.4) is 0 Å². The number of aliphatic hydroxyl groups is 1. The number of aryl methyl sites for hydroxylation is 1. The Morgan fingerprint density at radius 3 is 2.56 bits per heavy atom. The van der Waals surface area contributed by atoms with Crippen molar-refractivity contribution >= 4 is 29.2 Å². The lowest BCUT2D eigenvalue weighted by Gasteiger charge is -2.36. The van der Waals surface area contributed by atoms with Gasteiger partial charge in [0.15, 0.2) is 0 Å². The van der Waals surface area contributed by atoms with Crippen LogP contribution in [-0.4, -0.2) is 58.6 Å². The first kappa shape index (κ1) is 26.9. The van der Waals surface area contributed by atoms with E-state index in [0.717, 1.165) is 63.5 Å². The number of piperazine rings is 1. The average molecular weight is 527 g/mol. The number of nitrogens with one attached hydrogen (secondary N) is 3. The van der Waals surface area contributed by atoms with Crippen LogP contribution >= 0.6 is 0 Å². The molecule has 5 rings (SSSR count). The summed E-state index contributed by atoms with van der Waals surface area (Å²) < 4.78 is 0. The molecule has 2 aliphatic heterocycles. The minimum absolute atomic E-state index is 0.0917. The average Bonchev–Trinajstić information content (AvgIpc) is 3.36. The van der Waals surface area contributed by atoms with Crippen LogP contribution in [0.5, 0.6) is 0 Å². The predicted molar refractivity (Wildman–Crippen MR) is 156 cm³/mol. The number of fused-ring (bicyclic) bond motifs is 1. The molecule has 0 saturated carbocycles. The van der Waals surface area contributed by atoms with E-state index in [1.54, 1.807) is 0 Å². The highest BCUT2D eigenvalue weighted by atomic mass is 16.3. The van der Waals surface area contributed by atoms with Crippen LogP contribution in [0.1, 0.15) is 53.9 Å². The van der Waals surface area contributed by atoms with Crippen molar-refractivity contribution in [1.82, 2.24) is 15.2 Å². The van der Waals surface area contributed by atoms with Gasteiger partial charge in [0.2, 0.25) is 5.91 Å². The number of carbonyl (C=O) groups excluding carboxylic acids is 2. The molecule has 4 N–H and O–H groups in total. The Morgan fingerprint density at radius 1 is 1.08 bits per heavy atom. The monoisotopic (exact) mass is 526 g/mol. The summed E-state index contributed by atoms with van der Waals surface area (Å²) in [7, 11) is 0. The normalized spacial score (nSPS) is 19.9. The second-order valence-corrected chi connectivity index (χ2v) is 10.9. The van der Waals surface area contributed by atoms with Gasteiger partial charge in [0, 0.05) is 60.8 Å². The van der Waals surface area contributed by atoms with Crippen molar-refractivity contribution in [3.05, 3.63) is 76.1 Å². The summed E-state index contributed by atoms with van der Waals surface area (Å²) in [4.78, 5) is 31.6. The van der Waals surface area contributed by atoms with E-state index in [2.05, 4.69) is 42.5 Å². The van der Waals surface area contributed by atoms with Gasteiger partial charge in [-0.25, -0.2) is 0 Å². The van der Waals surface area contributed by atoms with Crippen LogP contribution in [0.15, 0.2) is 42.5 Å². The van der Waals surface area contributed by atoms with E-state index in [1.807, 2.05) is 54.3 Å². The van der Waals surface area contributed by atoms with Crippen molar-refractivity contribution in [3.63, 3.8) is 0 Å². The molecule has 7 heteroatoms. The van der Waals surface area contributed by atoms with Gasteiger partial charge in [0.1, 0.15) is 0 Å². The van der Waals surface area contributed by atoms with E-state index in [0.29, 0.717) is 36.9 Å². The van der Waals surface area contributed by atoms with Crippen molar-refractivity contribution < 1.29 is 14.7 Å². The molecule has 0 unspecified atom stereocenters. The minimum Gasteiger partial charge on any atom is -0.396 e. The lowest BCUT2D eigenvalue weighted by atomic mass is 9.93. The van der Waals surface area contributed by atoms with Crippen molar-refractivity contribution in [2.45, 2.75) is 59.0 Å². The quantitative estimate of drug-likeness (QED) is 0.342. The first-order valence-corrected chi connectivity index (χ1v) is 13.8. The Hall–Kier alpha value is -3.68. The molecule has 0 aliphatic carbocycles. The number of aromatic nitrogens is 1. The van der Waals surface area contributed by atoms with Crippen LogP contribution in [0, 0.1) is 13.8 Å². The van der Waals surface area contributed by atoms with Crippen LogP contribution in [0.25, 0.3) is 22.8 Å². The maximum absolute atomic E-state index is 13.2. The highest BCUT2D eigenvalue weighted by molar-refractivity contribution is 6.36. The third-order valence-electron chi connectivity index (χ3n) is 7.88. The third-order valence-corrected chi connectivity index (χ3v) is 7.88. The van der Waals surface area contributed by atoms with Gasteiger partial charge in [-0.15, -0.1) is 0 Å². The fraction of sp³-hybridized carbons (Fsp3) is 0.375. The molecule has 204 valence electrons. The van der Waals surface area contributed by atoms with Gasteiger partial charge in [0.25, 0.3) is 5.91 Å². The van der Waals surface area contributed by atoms with Gasteiger partial charge in [-0.05, 0) is 80.5 Å². The van der Waals surface area contributed by atoms with E-state index < -0.39 is 0 Å². The van der Waals surface area contributed by atoms with E-state index in [-0.39, 0.29) is 18.4 Å². The molecule has 2 aromatic carbocycles. The van der Waals surface area contributed by atoms with Gasteiger partial charge in [-0.2, -0.15) is 0 Å². The summed E-state index contributed by atoms with van der Waals surface area (Å²) in [5.41, 5.74) is 9.45. The van der Waals surface area contributed by atoms with E-state index >= 15 is 0 Å². The summed E-state index contributed by atoms with van der Waals surface area (Å²) >= 11 is 0. The largest absolute Gasteiger partial charge is 0.396 e. The number of aliphatic hydroxyl groups excluding tert-OH is 1. The van der Waals surface area contributed by atoms with Crippen molar-refractivity contribution in [1.29, 1.82) is 0 Å². The molecule has 0 radical (unpaired) electrons. The zero-order chi connectivity index (χ0) is 27.7. The van der Waals surface area contributed by atoms with E-state index in [4.69, 9.17) is 0 Å². The molecule has 3 heterocycles. The zero-order valence-electron chi connectivity index (χ0n) is 23.2. The first-order valence-electron chi connectivity index (χ1n) is 13.8. The van der Waals surface area contributed by atoms with Crippen molar-refractivity contribution in [2.75, 3.05) is 25.0 Å². The topological polar surface area (TPSA) is 97.5 Å². The molecule has 39 heavy (non-hydrogen) atoms. The number of amides is 2. The third kappa shape index (κ3) is 5.56. The van der Waals surface area contributed by atoms with Crippen LogP contribution < -0.4 is 10.6 Å². The van der Waals surface area contributed by atoms with E-state index in [9.17, 15) is 14.7 Å². The Kier molecular flexibility index (Phi) is 7.73. The van der Waals surface area contributed by atoms with Crippen molar-refractivity contribution in [3.8, 4) is 11.1 Å². The summed E-state index contributed by atoms with van der Waals surface area (Å²) in [5, 5.41) is 15.9. The molecular weight excluding hydrogens is 488 g/mol. The van der Waals surface area contributed by atoms with Gasteiger partial charge in [0.05, 0.1) is 5.57 Å². The summed E-state index contributed by atoms with van der Waals surface area (Å²) in [6.07, 6.45) is 3.65. The van der Waals surface area contributed by atoms with Gasteiger partial charge >= 0.3 is 0 Å². The Morgan fingerprint density at radius 2 is 1.82 bits per heavy atom. The SMILES string of the molecule is Cc1[nH]c(/C=C2\C(=O)Nc3cccc(-c4cccc(CCO)c4)c32)c(C)c1CCC(=O)N1C[C@@H](C)N[C@@H](C)C1. The number of hydrogen-bond donors (Lipinski definition) is 4. The molecule has 1 saturated heterocycles. The maximum Gasteiger partial charge on any atom is 0.256 e. The van der Waals surface area contributed by atoms with Crippen LogP contribution in [-0.2, 0) is 22.4 Å². The number of benzene rings is 2. The maximum atomic E-state index is 13.2. The molecular formula is C32H38N4O3. The predicted octanol–water partition coefficient (Wildman–Crippen LogP) is 4.47. The fourth-order valence-corrected chi connectivity index (χ4v) is 6.05. The Balaban J connectivity index is 1.42. The number of carbonyl (C=O) groups is 2. The standard InChI is InChI=1S/C32H38N4O3/c1-19-17-36(18-20(2)33-19)30(38)12-11-25-21(3)29(34-22(25)4)16-27-31-26(9-6-10-28(31)35-32(27)39)24-8-5-7-23(15-24)13-14-37/h5-10,15-16,19-20,33-34,37H,11-14,17-18H2,1-4H3,(H,35,39)/b27-16-/t19-,20+. The smallest absolute Gasteiger partial charge is 0.256 e. The number of rotatable bonds is 7. The molecule has 1 fully saturated rings. The molecule has 2 atom stereocenters. The zero-order valence-corrected chi connectivity index (χ0v) is 23.2. The highest BCUT2D eigenvalue weighted by Crippen LogP contribution is 2.41. The summed E-state index contributed by atoms with van der Waals surface area (Å²) in [5.74, 6) is 0.0570. The molecule has 1 aromatic heterocycles. The first-order chi connectivity index (χ1) is 18.7. The Bertz CT molecular complexity index is 1430. The number of anilines is 1. The summed E-state index contributed by atoms with van der Waals surface area (Å²) in [6, 6.07) is 14.6. The lowest BCUT2D eigenvalue weighted by Crippen LogP contribution is -2.55. The number of aromatic amines is 1. The van der Waals surface area contributed by atoms with Crippen molar-refractivity contribution in [2.24, 2.45) is 0 Å². The van der Waals surface area contributed by atoms with Crippen LogP contribution in [0.2, 0.25) is 0 Å². The molecule has 0 spiro atoms. The van der Waals surface area contributed by atoms with Crippen LogP contribution in [0.4, 0.5) is 5.69 Å². The number of nitrogens with zero attached hydrogens (tertiary/aromatic N) is 1. The molecule has 2 amide bonds. The fourth-order valence-electron chi connectivity index (χ4n) is 6.05. The molecule has 3 aromatic rings. The molecule has 2 aliphatic rings. The van der Waals surface area contributed by atoms with Gasteiger partial charge in [-0.1, -0.05) is 36.4 Å². The molecule has 0 bridgehead atoms. The minimum atomic E-state index is -0.130. The lowest BCUT2D eigenvalue weighted by molar-refractivity contribution is -0.132. The highest BCUT2D eigenvalue weighted by Gasteiger charge is 2.29. The second-order valence-electron chi connectivity index (χ2n) is 10.9. The number of hydrogen-bond acceptors (Lipinski definition) is 4. The van der Waals surface area contributed by atoms with Gasteiger partial charge in [-0.3, -0.25) is 9.59 Å².